The van der Waals surface area contributed by atoms with E-state index in [9.17, 15) is 0 Å². The standard InChI is InChI=1S/C11H15N3/c1-9-4-6-10(7-5-9)3-2-8-14-11(12)13/h2-7H,8H2,1H3,(H4,12,13,14)/b3-2-. The molecule has 0 atom stereocenters. The van der Waals surface area contributed by atoms with Gasteiger partial charge >= 0.3 is 0 Å². The van der Waals surface area contributed by atoms with E-state index in [2.05, 4.69) is 36.2 Å². The number of guanidine groups is 1. The van der Waals surface area contributed by atoms with Crippen molar-refractivity contribution in [2.24, 2.45) is 16.5 Å². The van der Waals surface area contributed by atoms with Gasteiger partial charge in [0.25, 0.3) is 0 Å². The molecule has 1 aromatic rings. The van der Waals surface area contributed by atoms with E-state index in [1.807, 2.05) is 12.2 Å². The van der Waals surface area contributed by atoms with Crippen molar-refractivity contribution in [1.82, 2.24) is 0 Å². The highest BCUT2D eigenvalue weighted by molar-refractivity contribution is 5.75. The lowest BCUT2D eigenvalue weighted by atomic mass is 10.1. The summed E-state index contributed by atoms with van der Waals surface area (Å²) in [4.78, 5) is 3.84. The maximum atomic E-state index is 5.19. The monoisotopic (exact) mass is 189 g/mol. The fraction of sp³-hybridized carbons (Fsp3) is 0.182. The summed E-state index contributed by atoms with van der Waals surface area (Å²) in [6, 6.07) is 8.25. The smallest absolute Gasteiger partial charge is 0.186 e. The van der Waals surface area contributed by atoms with Crippen LogP contribution in [0.25, 0.3) is 6.08 Å². The number of aryl methyl sites for hydroxylation is 1. The molecule has 0 aliphatic carbocycles. The van der Waals surface area contributed by atoms with Gasteiger partial charge in [-0.1, -0.05) is 42.0 Å². The molecular formula is C11H15N3. The number of nitrogens with zero attached hydrogens (tertiary/aromatic N) is 1. The lowest BCUT2D eigenvalue weighted by Crippen LogP contribution is -2.22. The lowest BCUT2D eigenvalue weighted by Gasteiger charge is -1.94. The van der Waals surface area contributed by atoms with E-state index in [1.165, 1.54) is 5.56 Å². The van der Waals surface area contributed by atoms with E-state index in [0.717, 1.165) is 5.56 Å². The van der Waals surface area contributed by atoms with Crippen molar-refractivity contribution < 1.29 is 0 Å². The summed E-state index contributed by atoms with van der Waals surface area (Å²) < 4.78 is 0. The number of nitrogens with two attached hydrogens (primary N) is 2. The van der Waals surface area contributed by atoms with E-state index in [-0.39, 0.29) is 5.96 Å². The molecule has 14 heavy (non-hydrogen) atoms. The zero-order valence-corrected chi connectivity index (χ0v) is 8.27. The zero-order chi connectivity index (χ0) is 10.4. The third-order valence-corrected chi connectivity index (χ3v) is 1.77. The number of hydrogen-bond donors (Lipinski definition) is 2. The second-order valence-electron chi connectivity index (χ2n) is 3.08. The van der Waals surface area contributed by atoms with Gasteiger partial charge in [-0.2, -0.15) is 0 Å². The van der Waals surface area contributed by atoms with E-state index in [1.54, 1.807) is 0 Å². The molecule has 0 spiro atoms. The number of rotatable bonds is 3. The summed E-state index contributed by atoms with van der Waals surface area (Å²) in [5.41, 5.74) is 12.8. The van der Waals surface area contributed by atoms with Crippen LogP contribution in [-0.2, 0) is 0 Å². The minimum atomic E-state index is 0.124. The lowest BCUT2D eigenvalue weighted by molar-refractivity contribution is 1.22. The van der Waals surface area contributed by atoms with Crippen molar-refractivity contribution in [2.75, 3.05) is 6.54 Å². The maximum absolute atomic E-state index is 5.19. The molecule has 4 N–H and O–H groups in total. The van der Waals surface area contributed by atoms with Crippen LogP contribution < -0.4 is 11.5 Å². The SMILES string of the molecule is Cc1ccc(/C=C\CN=C(N)N)cc1. The van der Waals surface area contributed by atoms with Crippen molar-refractivity contribution in [1.29, 1.82) is 0 Å². The predicted molar refractivity (Wildman–Crippen MR) is 60.9 cm³/mol. The highest BCUT2D eigenvalue weighted by Gasteiger charge is 1.85. The first-order valence-electron chi connectivity index (χ1n) is 4.47. The molecule has 0 unspecified atom stereocenters. The normalized spacial score (nSPS) is 10.4. The molecule has 3 nitrogen and oxygen atoms in total. The van der Waals surface area contributed by atoms with Crippen LogP contribution >= 0.6 is 0 Å². The summed E-state index contributed by atoms with van der Waals surface area (Å²) in [5.74, 6) is 0.124. The van der Waals surface area contributed by atoms with Gasteiger partial charge in [0.2, 0.25) is 0 Å². The molecule has 0 radical (unpaired) electrons. The van der Waals surface area contributed by atoms with Crippen LogP contribution in [0.4, 0.5) is 0 Å². The third kappa shape index (κ3) is 3.76. The Labute approximate surface area is 84.1 Å². The Morgan fingerprint density at radius 2 is 1.93 bits per heavy atom. The minimum absolute atomic E-state index is 0.124. The van der Waals surface area contributed by atoms with Gasteiger partial charge in [0.15, 0.2) is 5.96 Å². The first-order valence-corrected chi connectivity index (χ1v) is 4.47. The average molecular weight is 189 g/mol. The fourth-order valence-electron chi connectivity index (χ4n) is 1.02. The third-order valence-electron chi connectivity index (χ3n) is 1.77. The van der Waals surface area contributed by atoms with Crippen LogP contribution in [-0.4, -0.2) is 12.5 Å². The first kappa shape index (κ1) is 10.3. The molecule has 0 heterocycles. The molecule has 0 aromatic heterocycles. The van der Waals surface area contributed by atoms with Gasteiger partial charge in [0, 0.05) is 0 Å². The molecule has 1 aromatic carbocycles. The fourth-order valence-corrected chi connectivity index (χ4v) is 1.02. The van der Waals surface area contributed by atoms with Crippen molar-refractivity contribution in [3.63, 3.8) is 0 Å². The zero-order valence-electron chi connectivity index (χ0n) is 8.27. The van der Waals surface area contributed by atoms with Crippen molar-refractivity contribution >= 4 is 12.0 Å². The molecule has 0 amide bonds. The van der Waals surface area contributed by atoms with Crippen molar-refractivity contribution in [3.05, 3.63) is 41.5 Å². The van der Waals surface area contributed by atoms with E-state index in [4.69, 9.17) is 11.5 Å². The molecule has 0 saturated heterocycles. The van der Waals surface area contributed by atoms with Crippen LogP contribution in [0, 0.1) is 6.92 Å². The van der Waals surface area contributed by atoms with Gasteiger partial charge in [0.1, 0.15) is 0 Å². The van der Waals surface area contributed by atoms with Gasteiger partial charge in [-0.05, 0) is 12.5 Å². The summed E-state index contributed by atoms with van der Waals surface area (Å²) >= 11 is 0. The minimum Gasteiger partial charge on any atom is -0.370 e. The molecule has 0 aliphatic rings. The quantitative estimate of drug-likeness (QED) is 0.555. The second-order valence-corrected chi connectivity index (χ2v) is 3.08. The van der Waals surface area contributed by atoms with E-state index >= 15 is 0 Å². The van der Waals surface area contributed by atoms with Gasteiger partial charge in [0.05, 0.1) is 6.54 Å². The number of aliphatic imine (C=N–C) groups is 1. The topological polar surface area (TPSA) is 64.4 Å². The Hall–Kier alpha value is -1.77. The summed E-state index contributed by atoms with van der Waals surface area (Å²) in [6.07, 6.45) is 3.91. The molecule has 1 rings (SSSR count). The number of benzene rings is 1. The van der Waals surface area contributed by atoms with Crippen LogP contribution in [0.15, 0.2) is 35.3 Å². The Kier molecular flexibility index (Phi) is 3.73. The highest BCUT2D eigenvalue weighted by Crippen LogP contribution is 2.04. The van der Waals surface area contributed by atoms with Crippen molar-refractivity contribution in [2.45, 2.75) is 6.92 Å². The molecule has 0 fully saturated rings. The molecule has 0 aliphatic heterocycles. The molecule has 3 heteroatoms. The van der Waals surface area contributed by atoms with Crippen LogP contribution in [0.2, 0.25) is 0 Å². The van der Waals surface area contributed by atoms with Crippen LogP contribution in [0.3, 0.4) is 0 Å². The first-order chi connectivity index (χ1) is 6.68. The second kappa shape index (κ2) is 5.07. The summed E-state index contributed by atoms with van der Waals surface area (Å²) in [5, 5.41) is 0. The number of hydrogen-bond acceptors (Lipinski definition) is 1. The summed E-state index contributed by atoms with van der Waals surface area (Å²) in [7, 11) is 0. The Morgan fingerprint density at radius 1 is 1.29 bits per heavy atom. The van der Waals surface area contributed by atoms with Crippen LogP contribution in [0.5, 0.6) is 0 Å². The van der Waals surface area contributed by atoms with Crippen molar-refractivity contribution in [3.8, 4) is 0 Å². The molecular weight excluding hydrogens is 174 g/mol. The average Bonchev–Trinajstić information content (AvgIpc) is 2.15. The molecule has 0 bridgehead atoms. The highest BCUT2D eigenvalue weighted by atomic mass is 15.0. The largest absolute Gasteiger partial charge is 0.370 e. The van der Waals surface area contributed by atoms with Crippen LogP contribution in [0.1, 0.15) is 11.1 Å². The summed E-state index contributed by atoms with van der Waals surface area (Å²) in [6.45, 7) is 2.59. The Bertz CT molecular complexity index is 332. The van der Waals surface area contributed by atoms with Gasteiger partial charge < -0.3 is 11.5 Å². The predicted octanol–water partition coefficient (Wildman–Crippen LogP) is 1.28. The molecule has 0 saturated carbocycles. The van der Waals surface area contributed by atoms with Gasteiger partial charge in [-0.25, -0.2) is 4.99 Å². The molecule has 74 valence electrons. The van der Waals surface area contributed by atoms with Gasteiger partial charge in [-0.15, -0.1) is 0 Å². The Morgan fingerprint density at radius 3 is 2.50 bits per heavy atom. The van der Waals surface area contributed by atoms with E-state index in [0.29, 0.717) is 6.54 Å². The van der Waals surface area contributed by atoms with E-state index < -0.39 is 0 Å². The maximum Gasteiger partial charge on any atom is 0.186 e. The van der Waals surface area contributed by atoms with Gasteiger partial charge in [-0.3, -0.25) is 0 Å². The Balaban J connectivity index is 2.52.